The molecule has 2 aromatic rings. The summed E-state index contributed by atoms with van der Waals surface area (Å²) in [6, 6.07) is 7.18. The number of nitrogens with one attached hydrogen (secondary N) is 2. The second-order valence-corrected chi connectivity index (χ2v) is 5.09. The third kappa shape index (κ3) is 4.78. The Balaban J connectivity index is 1.83. The van der Waals surface area contributed by atoms with Crippen LogP contribution in [0.3, 0.4) is 0 Å². The summed E-state index contributed by atoms with van der Waals surface area (Å²) in [6.07, 6.45) is 1.55. The minimum Gasteiger partial charge on any atom is -0.463 e. The zero-order valence-corrected chi connectivity index (χ0v) is 13.1. The Morgan fingerprint density at radius 1 is 1.38 bits per heavy atom. The first kappa shape index (κ1) is 17.4. The van der Waals surface area contributed by atoms with E-state index in [4.69, 9.17) is 16.3 Å². The van der Waals surface area contributed by atoms with E-state index in [2.05, 4.69) is 15.3 Å². The van der Waals surface area contributed by atoms with Crippen LogP contribution in [-0.2, 0) is 11.2 Å². The molecule has 0 aliphatic carbocycles. The number of amides is 1. The van der Waals surface area contributed by atoms with E-state index in [0.717, 1.165) is 11.9 Å². The summed E-state index contributed by atoms with van der Waals surface area (Å²) in [6.45, 7) is -0.132. The molecule has 0 spiro atoms. The normalized spacial score (nSPS) is 10.2. The van der Waals surface area contributed by atoms with Gasteiger partial charge >= 0.3 is 17.1 Å². The fourth-order valence-corrected chi connectivity index (χ4v) is 1.95. The Hall–Kier alpha value is -2.94. The number of hydrogen-bond acceptors (Lipinski definition) is 6. The van der Waals surface area contributed by atoms with Gasteiger partial charge in [-0.1, -0.05) is 23.7 Å². The number of ether oxygens (including phenoxy) is 1. The van der Waals surface area contributed by atoms with Gasteiger partial charge in [-0.25, -0.2) is 0 Å². The number of rotatable bonds is 7. The van der Waals surface area contributed by atoms with Crippen molar-refractivity contribution >= 4 is 23.2 Å². The highest BCUT2D eigenvalue weighted by atomic mass is 35.5. The number of nitro groups is 1. The number of carbonyl (C=O) groups excluding carboxylic acids is 1. The summed E-state index contributed by atoms with van der Waals surface area (Å²) in [5.74, 6) is -0.989. The van der Waals surface area contributed by atoms with Crippen LogP contribution in [-0.4, -0.2) is 34.0 Å². The number of benzene rings is 1. The molecule has 1 aromatic carbocycles. The van der Waals surface area contributed by atoms with E-state index in [1.54, 1.807) is 12.1 Å². The van der Waals surface area contributed by atoms with Gasteiger partial charge in [-0.2, -0.15) is 4.98 Å². The van der Waals surface area contributed by atoms with Crippen molar-refractivity contribution in [3.8, 4) is 5.88 Å². The molecule has 1 heterocycles. The molecular weight excluding hydrogens is 340 g/mol. The van der Waals surface area contributed by atoms with Crippen molar-refractivity contribution < 1.29 is 14.5 Å². The zero-order valence-electron chi connectivity index (χ0n) is 12.3. The Morgan fingerprint density at radius 2 is 2.08 bits per heavy atom. The maximum Gasteiger partial charge on any atom is 0.395 e. The highest BCUT2D eigenvalue weighted by Gasteiger charge is 2.22. The highest BCUT2D eigenvalue weighted by Crippen LogP contribution is 2.17. The van der Waals surface area contributed by atoms with Crippen LogP contribution < -0.4 is 15.6 Å². The molecule has 1 amide bonds. The predicted molar refractivity (Wildman–Crippen MR) is 85.2 cm³/mol. The molecule has 0 unspecified atom stereocenters. The van der Waals surface area contributed by atoms with Crippen LogP contribution in [0.4, 0.5) is 5.69 Å². The number of aromatic nitrogens is 2. The second kappa shape index (κ2) is 8.06. The maximum atomic E-state index is 11.7. The monoisotopic (exact) mass is 352 g/mol. The van der Waals surface area contributed by atoms with Crippen LogP contribution in [0.1, 0.15) is 5.56 Å². The molecule has 10 heteroatoms. The molecular formula is C14H13ClN4O5. The first-order valence-electron chi connectivity index (χ1n) is 6.83. The van der Waals surface area contributed by atoms with Crippen molar-refractivity contribution in [1.29, 1.82) is 0 Å². The Morgan fingerprint density at radius 3 is 2.75 bits per heavy atom. The van der Waals surface area contributed by atoms with Crippen molar-refractivity contribution in [2.45, 2.75) is 6.42 Å². The Kier molecular flexibility index (Phi) is 5.85. The van der Waals surface area contributed by atoms with E-state index in [9.17, 15) is 19.7 Å². The number of H-pyrrole nitrogens is 1. The van der Waals surface area contributed by atoms with E-state index in [1.807, 2.05) is 12.1 Å². The van der Waals surface area contributed by atoms with Crippen LogP contribution in [0.25, 0.3) is 0 Å². The van der Waals surface area contributed by atoms with Crippen LogP contribution in [0.5, 0.6) is 5.88 Å². The second-order valence-electron chi connectivity index (χ2n) is 4.66. The van der Waals surface area contributed by atoms with Gasteiger partial charge in [0, 0.05) is 11.6 Å². The molecule has 0 aliphatic rings. The molecule has 0 saturated carbocycles. The third-order valence-electron chi connectivity index (χ3n) is 2.97. The van der Waals surface area contributed by atoms with Gasteiger partial charge in [0.2, 0.25) is 0 Å². The minimum absolute atomic E-state index is 0.356. The lowest BCUT2D eigenvalue weighted by molar-refractivity contribution is -0.387. The average Bonchev–Trinajstić information content (AvgIpc) is 2.54. The quantitative estimate of drug-likeness (QED) is 0.566. The number of carbonyl (C=O) groups is 1. The summed E-state index contributed by atoms with van der Waals surface area (Å²) in [7, 11) is 0. The van der Waals surface area contributed by atoms with Gasteiger partial charge in [-0.05, 0) is 24.1 Å². The summed E-state index contributed by atoms with van der Waals surface area (Å²) in [5, 5.41) is 14.0. The number of halogens is 1. The summed E-state index contributed by atoms with van der Waals surface area (Å²) >= 11 is 5.78. The van der Waals surface area contributed by atoms with E-state index in [0.29, 0.717) is 18.0 Å². The lowest BCUT2D eigenvalue weighted by Crippen LogP contribution is -2.31. The smallest absolute Gasteiger partial charge is 0.395 e. The molecule has 0 fully saturated rings. The van der Waals surface area contributed by atoms with Crippen molar-refractivity contribution in [3.63, 3.8) is 0 Å². The lowest BCUT2D eigenvalue weighted by atomic mass is 10.1. The van der Waals surface area contributed by atoms with Crippen LogP contribution in [0, 0.1) is 10.1 Å². The molecule has 0 bridgehead atoms. The Bertz CT molecular complexity index is 790. The van der Waals surface area contributed by atoms with Gasteiger partial charge in [0.1, 0.15) is 0 Å². The molecule has 126 valence electrons. The van der Waals surface area contributed by atoms with Crippen LogP contribution in [0.15, 0.2) is 35.4 Å². The molecule has 24 heavy (non-hydrogen) atoms. The van der Waals surface area contributed by atoms with Gasteiger partial charge in [0.05, 0.1) is 11.3 Å². The van der Waals surface area contributed by atoms with E-state index in [-0.39, 0.29) is 0 Å². The third-order valence-corrected chi connectivity index (χ3v) is 3.22. The molecule has 2 N–H and O–H groups in total. The van der Waals surface area contributed by atoms with E-state index < -0.39 is 34.6 Å². The largest absolute Gasteiger partial charge is 0.463 e. The Labute approximate surface area is 140 Å². The van der Waals surface area contributed by atoms with E-state index >= 15 is 0 Å². The number of nitrogens with zero attached hydrogens (tertiary/aromatic N) is 2. The van der Waals surface area contributed by atoms with E-state index in [1.165, 1.54) is 0 Å². The highest BCUT2D eigenvalue weighted by molar-refractivity contribution is 6.30. The van der Waals surface area contributed by atoms with Gasteiger partial charge in [-0.3, -0.25) is 19.7 Å². The van der Waals surface area contributed by atoms with Gasteiger partial charge in [0.15, 0.2) is 6.61 Å². The first-order chi connectivity index (χ1) is 11.5. The number of aromatic amines is 1. The fraction of sp³-hybridized carbons (Fsp3) is 0.214. The molecule has 0 atom stereocenters. The molecule has 1 aromatic heterocycles. The molecule has 0 aliphatic heterocycles. The van der Waals surface area contributed by atoms with Crippen molar-refractivity contribution in [2.75, 3.05) is 13.2 Å². The van der Waals surface area contributed by atoms with Crippen molar-refractivity contribution in [3.05, 3.63) is 61.6 Å². The summed E-state index contributed by atoms with van der Waals surface area (Å²) < 4.78 is 4.96. The molecule has 0 radical (unpaired) electrons. The summed E-state index contributed by atoms with van der Waals surface area (Å²) in [4.78, 5) is 38.5. The molecule has 0 saturated heterocycles. The standard InChI is InChI=1S/C14H13ClN4O5/c15-10-3-1-9(2-4-10)5-6-16-11(20)7-24-14-12(19(22)23)13(21)17-8-18-14/h1-4,8H,5-7H2,(H,16,20)(H,17,18,21). The first-order valence-corrected chi connectivity index (χ1v) is 7.21. The summed E-state index contributed by atoms with van der Waals surface area (Å²) in [5.41, 5.74) is -0.799. The topological polar surface area (TPSA) is 127 Å². The minimum atomic E-state index is -0.951. The van der Waals surface area contributed by atoms with Gasteiger partial charge in [0.25, 0.3) is 5.91 Å². The SMILES string of the molecule is O=C(COc1nc[nH]c(=O)c1[N+](=O)[O-])NCCc1ccc(Cl)cc1. The maximum absolute atomic E-state index is 11.7. The van der Waals surface area contributed by atoms with Crippen LogP contribution >= 0.6 is 11.6 Å². The molecule has 2 rings (SSSR count). The van der Waals surface area contributed by atoms with Gasteiger partial charge < -0.3 is 15.0 Å². The average molecular weight is 353 g/mol. The van der Waals surface area contributed by atoms with Crippen LogP contribution in [0.2, 0.25) is 5.02 Å². The van der Waals surface area contributed by atoms with Crippen molar-refractivity contribution in [1.82, 2.24) is 15.3 Å². The zero-order chi connectivity index (χ0) is 17.5. The lowest BCUT2D eigenvalue weighted by Gasteiger charge is -2.07. The number of hydrogen-bond donors (Lipinski definition) is 2. The fourth-order valence-electron chi connectivity index (χ4n) is 1.83. The van der Waals surface area contributed by atoms with Crippen molar-refractivity contribution in [2.24, 2.45) is 0 Å². The molecule has 9 nitrogen and oxygen atoms in total. The van der Waals surface area contributed by atoms with Gasteiger partial charge in [-0.15, -0.1) is 0 Å². The predicted octanol–water partition coefficient (Wildman–Crippen LogP) is 1.07.